The maximum Gasteiger partial charge on any atom is 0.335 e. The summed E-state index contributed by atoms with van der Waals surface area (Å²) in [5.74, 6) is 0.165. The van der Waals surface area contributed by atoms with Gasteiger partial charge in [0, 0.05) is 11.1 Å². The van der Waals surface area contributed by atoms with Crippen LogP contribution in [0.3, 0.4) is 0 Å². The second kappa shape index (κ2) is 8.91. The molecule has 0 aliphatic carbocycles. The van der Waals surface area contributed by atoms with E-state index in [1.54, 1.807) is 62.6 Å². The maximum atomic E-state index is 12.2. The van der Waals surface area contributed by atoms with E-state index in [2.05, 4.69) is 33.1 Å². The van der Waals surface area contributed by atoms with E-state index in [4.69, 9.17) is 9.15 Å². The number of benzene rings is 2. The third-order valence-electron chi connectivity index (χ3n) is 4.23. The summed E-state index contributed by atoms with van der Waals surface area (Å²) < 4.78 is 11.8. The maximum absolute atomic E-state index is 12.2. The number of amides is 1. The number of halogens is 1. The smallest absolute Gasteiger partial charge is 0.335 e. The third-order valence-corrected chi connectivity index (χ3v) is 5.12. The Morgan fingerprint density at radius 1 is 1.21 bits per heavy atom. The first-order valence-electron chi connectivity index (χ1n) is 8.50. The number of carboxylic acids is 1. The molecule has 2 aromatic carbocycles. The predicted molar refractivity (Wildman–Crippen MR) is 117 cm³/mol. The summed E-state index contributed by atoms with van der Waals surface area (Å²) in [7, 11) is 1.54. The lowest BCUT2D eigenvalue weighted by atomic mass is 10.0. The monoisotopic (exact) mass is 504 g/mol. The molecule has 0 saturated heterocycles. The van der Waals surface area contributed by atoms with Gasteiger partial charge in [-0.3, -0.25) is 4.79 Å². The molecule has 1 aromatic heterocycles. The molecule has 29 heavy (non-hydrogen) atoms. The Labute approximate surface area is 180 Å². The van der Waals surface area contributed by atoms with E-state index in [0.717, 1.165) is 3.57 Å². The SMILES string of the molecule is COc1cc(C(=O)N/N=C\c2ccc(-c3cccc(C(=O)O)c3C)o2)ccc1I. The van der Waals surface area contributed by atoms with Gasteiger partial charge in [-0.2, -0.15) is 5.10 Å². The van der Waals surface area contributed by atoms with Crippen molar-refractivity contribution in [3.05, 3.63) is 74.6 Å². The highest BCUT2D eigenvalue weighted by molar-refractivity contribution is 14.1. The van der Waals surface area contributed by atoms with Crippen molar-refractivity contribution in [3.63, 3.8) is 0 Å². The number of hydrogen-bond acceptors (Lipinski definition) is 5. The van der Waals surface area contributed by atoms with Gasteiger partial charge in [0.05, 0.1) is 22.5 Å². The lowest BCUT2D eigenvalue weighted by Gasteiger charge is -2.06. The molecule has 2 N–H and O–H groups in total. The fourth-order valence-corrected chi connectivity index (χ4v) is 3.28. The van der Waals surface area contributed by atoms with Crippen molar-refractivity contribution in [3.8, 4) is 17.1 Å². The zero-order valence-corrected chi connectivity index (χ0v) is 17.8. The minimum atomic E-state index is -0.993. The average molecular weight is 504 g/mol. The standard InChI is InChI=1S/C21H17IN2O5/c1-12-15(4-3-5-16(12)21(26)27)18-9-7-14(29-18)11-23-24-20(25)13-6-8-17(22)19(10-13)28-2/h3-11H,1-2H3,(H,24,25)(H,26,27)/b23-11-. The van der Waals surface area contributed by atoms with Gasteiger partial charge in [-0.25, -0.2) is 10.2 Å². The molecule has 0 spiro atoms. The van der Waals surface area contributed by atoms with Crippen molar-refractivity contribution in [1.29, 1.82) is 0 Å². The zero-order chi connectivity index (χ0) is 21.0. The molecule has 0 fully saturated rings. The molecule has 3 rings (SSSR count). The molecule has 8 heteroatoms. The van der Waals surface area contributed by atoms with Crippen LogP contribution in [-0.2, 0) is 0 Å². The summed E-state index contributed by atoms with van der Waals surface area (Å²) in [6.45, 7) is 1.73. The van der Waals surface area contributed by atoms with E-state index in [-0.39, 0.29) is 11.5 Å². The predicted octanol–water partition coefficient (Wildman–Crippen LogP) is 4.33. The number of carbonyl (C=O) groups excluding carboxylic acids is 1. The van der Waals surface area contributed by atoms with E-state index in [9.17, 15) is 14.7 Å². The lowest BCUT2D eigenvalue weighted by Crippen LogP contribution is -2.17. The van der Waals surface area contributed by atoms with E-state index in [1.165, 1.54) is 6.21 Å². The molecule has 148 valence electrons. The Hall–Kier alpha value is -3.14. The van der Waals surface area contributed by atoms with E-state index in [1.807, 2.05) is 0 Å². The molecule has 1 heterocycles. The highest BCUT2D eigenvalue weighted by atomic mass is 127. The van der Waals surface area contributed by atoms with Gasteiger partial charge in [0.15, 0.2) is 0 Å². The quantitative estimate of drug-likeness (QED) is 0.296. The van der Waals surface area contributed by atoms with Crippen molar-refractivity contribution >= 4 is 40.7 Å². The summed E-state index contributed by atoms with van der Waals surface area (Å²) in [6.07, 6.45) is 1.38. The molecule has 0 radical (unpaired) electrons. The van der Waals surface area contributed by atoms with Gasteiger partial charge in [-0.15, -0.1) is 0 Å². The number of aromatic carboxylic acids is 1. The van der Waals surface area contributed by atoms with Gasteiger partial charge < -0.3 is 14.3 Å². The number of carbonyl (C=O) groups is 2. The first-order valence-corrected chi connectivity index (χ1v) is 9.58. The molecular formula is C21H17IN2O5. The number of hydrogen-bond donors (Lipinski definition) is 2. The van der Waals surface area contributed by atoms with E-state index < -0.39 is 5.97 Å². The van der Waals surface area contributed by atoms with Gasteiger partial charge in [0.1, 0.15) is 17.3 Å². The molecular weight excluding hydrogens is 487 g/mol. The van der Waals surface area contributed by atoms with Crippen LogP contribution in [0.15, 0.2) is 58.0 Å². The van der Waals surface area contributed by atoms with Crippen LogP contribution >= 0.6 is 22.6 Å². The molecule has 1 amide bonds. The Bertz CT molecular complexity index is 1100. The fraction of sp³-hybridized carbons (Fsp3) is 0.0952. The van der Waals surface area contributed by atoms with Gasteiger partial charge in [0.25, 0.3) is 5.91 Å². The second-order valence-electron chi connectivity index (χ2n) is 6.03. The normalized spacial score (nSPS) is 10.9. The first kappa shape index (κ1) is 20.6. The van der Waals surface area contributed by atoms with Crippen LogP contribution in [0.25, 0.3) is 11.3 Å². The summed E-state index contributed by atoms with van der Waals surface area (Å²) >= 11 is 2.12. The number of furan rings is 1. The number of ether oxygens (including phenoxy) is 1. The molecule has 0 aliphatic rings. The first-order chi connectivity index (χ1) is 13.9. The van der Waals surface area contributed by atoms with Crippen LogP contribution < -0.4 is 10.2 Å². The Morgan fingerprint density at radius 2 is 2.00 bits per heavy atom. The zero-order valence-electron chi connectivity index (χ0n) is 15.6. The molecule has 0 atom stereocenters. The number of nitrogens with one attached hydrogen (secondary N) is 1. The number of nitrogens with zero attached hydrogens (tertiary/aromatic N) is 1. The van der Waals surface area contributed by atoms with Gasteiger partial charge >= 0.3 is 5.97 Å². The van der Waals surface area contributed by atoms with Crippen LogP contribution in [0.5, 0.6) is 5.75 Å². The molecule has 0 aliphatic heterocycles. The van der Waals surface area contributed by atoms with Gasteiger partial charge in [-0.1, -0.05) is 12.1 Å². The molecule has 3 aromatic rings. The number of rotatable bonds is 6. The fourth-order valence-electron chi connectivity index (χ4n) is 2.72. The average Bonchev–Trinajstić information content (AvgIpc) is 3.16. The van der Waals surface area contributed by atoms with Crippen LogP contribution in [0.1, 0.15) is 32.0 Å². The third kappa shape index (κ3) is 4.65. The van der Waals surface area contributed by atoms with Crippen LogP contribution in [0.4, 0.5) is 0 Å². The molecule has 0 saturated carbocycles. The van der Waals surface area contributed by atoms with Crippen LogP contribution in [0, 0.1) is 10.5 Å². The summed E-state index contributed by atoms with van der Waals surface area (Å²) in [5, 5.41) is 13.2. The second-order valence-corrected chi connectivity index (χ2v) is 7.20. The van der Waals surface area contributed by atoms with Crippen molar-refractivity contribution in [2.75, 3.05) is 7.11 Å². The number of carboxylic acid groups (broad SMARTS) is 1. The van der Waals surface area contributed by atoms with E-state index in [0.29, 0.717) is 34.0 Å². The summed E-state index contributed by atoms with van der Waals surface area (Å²) in [4.78, 5) is 23.5. The lowest BCUT2D eigenvalue weighted by molar-refractivity contribution is 0.0696. The Kier molecular flexibility index (Phi) is 6.32. The Balaban J connectivity index is 1.72. The summed E-state index contributed by atoms with van der Waals surface area (Å²) in [5.41, 5.74) is 4.36. The van der Waals surface area contributed by atoms with Crippen LogP contribution in [0.2, 0.25) is 0 Å². The van der Waals surface area contributed by atoms with Crippen molar-refractivity contribution in [2.24, 2.45) is 5.10 Å². The van der Waals surface area contributed by atoms with Crippen molar-refractivity contribution in [1.82, 2.24) is 5.43 Å². The largest absolute Gasteiger partial charge is 0.496 e. The molecule has 0 unspecified atom stereocenters. The molecule has 0 bridgehead atoms. The van der Waals surface area contributed by atoms with Crippen molar-refractivity contribution < 1.29 is 23.8 Å². The number of hydrazone groups is 1. The molecule has 7 nitrogen and oxygen atoms in total. The highest BCUT2D eigenvalue weighted by Gasteiger charge is 2.14. The Morgan fingerprint density at radius 3 is 2.72 bits per heavy atom. The van der Waals surface area contributed by atoms with Gasteiger partial charge in [-0.05, 0) is 71.5 Å². The minimum Gasteiger partial charge on any atom is -0.496 e. The topological polar surface area (TPSA) is 101 Å². The summed E-state index contributed by atoms with van der Waals surface area (Å²) in [6, 6.07) is 13.5. The minimum absolute atomic E-state index is 0.217. The van der Waals surface area contributed by atoms with E-state index >= 15 is 0 Å². The van der Waals surface area contributed by atoms with Crippen molar-refractivity contribution in [2.45, 2.75) is 6.92 Å². The van der Waals surface area contributed by atoms with Gasteiger partial charge in [0.2, 0.25) is 0 Å². The number of methoxy groups -OCH3 is 1. The van der Waals surface area contributed by atoms with Crippen LogP contribution in [-0.4, -0.2) is 30.3 Å². The highest BCUT2D eigenvalue weighted by Crippen LogP contribution is 2.27.